The Morgan fingerprint density at radius 2 is 2.06 bits per heavy atom. The summed E-state index contributed by atoms with van der Waals surface area (Å²) in [5.41, 5.74) is 1.15. The van der Waals surface area contributed by atoms with Crippen molar-refractivity contribution in [3.05, 3.63) is 29.8 Å². The van der Waals surface area contributed by atoms with Crippen molar-refractivity contribution in [2.75, 3.05) is 12.8 Å². The zero-order chi connectivity index (χ0) is 13.6. The molecule has 0 aromatic heterocycles. The molecule has 18 heavy (non-hydrogen) atoms. The maximum atomic E-state index is 12.0. The summed E-state index contributed by atoms with van der Waals surface area (Å²) in [6.45, 7) is 2.05. The summed E-state index contributed by atoms with van der Waals surface area (Å²) in [4.78, 5) is 1.02. The third-order valence-corrected chi connectivity index (χ3v) is 3.74. The molecule has 0 aliphatic rings. The second kappa shape index (κ2) is 7.04. The zero-order valence-electron chi connectivity index (χ0n) is 10.6. The Morgan fingerprint density at radius 3 is 2.67 bits per heavy atom. The molecule has 0 saturated heterocycles. The lowest BCUT2D eigenvalue weighted by Crippen LogP contribution is -2.12. The van der Waals surface area contributed by atoms with Crippen LogP contribution in [0.2, 0.25) is 0 Å². The number of thioether (sulfide) groups is 1. The number of hydrogen-bond acceptors (Lipinski definition) is 2. The highest BCUT2D eigenvalue weighted by molar-refractivity contribution is 7.99. The van der Waals surface area contributed by atoms with E-state index in [0.717, 1.165) is 10.5 Å². The highest BCUT2D eigenvalue weighted by Crippen LogP contribution is 2.26. The Balaban J connectivity index is 2.43. The van der Waals surface area contributed by atoms with Gasteiger partial charge in [0.1, 0.15) is 0 Å². The SMILES string of the molecule is CNC(C)c1cccc(SCCCC(F)(F)F)c1. The molecule has 1 unspecified atom stereocenters. The standard InChI is InChI=1S/C13H18F3NS/c1-10(17-2)11-5-3-6-12(9-11)18-8-4-7-13(14,15)16/h3,5-6,9-10,17H,4,7-8H2,1-2H3. The molecular formula is C13H18F3NS. The van der Waals surface area contributed by atoms with E-state index in [1.807, 2.05) is 38.2 Å². The van der Waals surface area contributed by atoms with Crippen LogP contribution in [0.1, 0.15) is 31.4 Å². The first-order valence-corrected chi connectivity index (χ1v) is 6.87. The lowest BCUT2D eigenvalue weighted by atomic mass is 10.1. The smallest absolute Gasteiger partial charge is 0.313 e. The summed E-state index contributed by atoms with van der Waals surface area (Å²) >= 11 is 1.48. The molecule has 102 valence electrons. The van der Waals surface area contributed by atoms with Crippen molar-refractivity contribution in [1.82, 2.24) is 5.32 Å². The van der Waals surface area contributed by atoms with Crippen LogP contribution in [-0.4, -0.2) is 19.0 Å². The van der Waals surface area contributed by atoms with Gasteiger partial charge in [-0.1, -0.05) is 12.1 Å². The number of nitrogens with one attached hydrogen (secondary N) is 1. The predicted octanol–water partition coefficient (Wildman–Crippen LogP) is 4.40. The first-order chi connectivity index (χ1) is 8.42. The van der Waals surface area contributed by atoms with Crippen LogP contribution in [0.15, 0.2) is 29.2 Å². The monoisotopic (exact) mass is 277 g/mol. The third kappa shape index (κ3) is 5.78. The normalized spacial score (nSPS) is 13.6. The van der Waals surface area contributed by atoms with Crippen molar-refractivity contribution in [1.29, 1.82) is 0 Å². The summed E-state index contributed by atoms with van der Waals surface area (Å²) in [5, 5.41) is 3.14. The Hall–Kier alpha value is -0.680. The van der Waals surface area contributed by atoms with E-state index in [0.29, 0.717) is 5.75 Å². The van der Waals surface area contributed by atoms with Gasteiger partial charge in [0, 0.05) is 17.4 Å². The van der Waals surface area contributed by atoms with Crippen LogP contribution in [0.4, 0.5) is 13.2 Å². The fourth-order valence-electron chi connectivity index (χ4n) is 1.50. The fourth-order valence-corrected chi connectivity index (χ4v) is 2.42. The lowest BCUT2D eigenvalue weighted by Gasteiger charge is -2.12. The second-order valence-corrected chi connectivity index (χ2v) is 5.32. The van der Waals surface area contributed by atoms with Crippen LogP contribution in [0.3, 0.4) is 0 Å². The molecular weight excluding hydrogens is 259 g/mol. The lowest BCUT2D eigenvalue weighted by molar-refractivity contribution is -0.134. The summed E-state index contributed by atoms with van der Waals surface area (Å²) in [7, 11) is 1.88. The molecule has 1 aromatic rings. The molecule has 0 bridgehead atoms. The van der Waals surface area contributed by atoms with E-state index in [9.17, 15) is 13.2 Å². The Kier molecular flexibility index (Phi) is 6.02. The van der Waals surface area contributed by atoms with Crippen LogP contribution in [-0.2, 0) is 0 Å². The van der Waals surface area contributed by atoms with Gasteiger partial charge in [-0.05, 0) is 43.8 Å². The van der Waals surface area contributed by atoms with Gasteiger partial charge in [0.25, 0.3) is 0 Å². The molecule has 5 heteroatoms. The van der Waals surface area contributed by atoms with Gasteiger partial charge in [-0.2, -0.15) is 13.2 Å². The largest absolute Gasteiger partial charge is 0.389 e. The molecule has 0 spiro atoms. The quantitative estimate of drug-likeness (QED) is 0.611. The minimum atomic E-state index is -4.04. The highest BCUT2D eigenvalue weighted by atomic mass is 32.2. The minimum Gasteiger partial charge on any atom is -0.313 e. The van der Waals surface area contributed by atoms with Crippen LogP contribution < -0.4 is 5.32 Å². The number of hydrogen-bond donors (Lipinski definition) is 1. The van der Waals surface area contributed by atoms with Crippen molar-refractivity contribution < 1.29 is 13.2 Å². The molecule has 0 heterocycles. The summed E-state index contributed by atoms with van der Waals surface area (Å²) in [6, 6.07) is 8.17. The summed E-state index contributed by atoms with van der Waals surface area (Å²) in [5.74, 6) is 0.497. The first kappa shape index (κ1) is 15.4. The number of rotatable bonds is 6. The summed E-state index contributed by atoms with van der Waals surface area (Å²) < 4.78 is 35.9. The fraction of sp³-hybridized carbons (Fsp3) is 0.538. The molecule has 1 N–H and O–H groups in total. The van der Waals surface area contributed by atoms with Gasteiger partial charge >= 0.3 is 6.18 Å². The van der Waals surface area contributed by atoms with E-state index < -0.39 is 12.6 Å². The number of alkyl halides is 3. The van der Waals surface area contributed by atoms with Gasteiger partial charge in [0.2, 0.25) is 0 Å². The molecule has 1 rings (SSSR count). The molecule has 1 atom stereocenters. The first-order valence-electron chi connectivity index (χ1n) is 5.89. The van der Waals surface area contributed by atoms with Gasteiger partial charge in [-0.3, -0.25) is 0 Å². The molecule has 0 fully saturated rings. The van der Waals surface area contributed by atoms with Gasteiger partial charge < -0.3 is 5.32 Å². The van der Waals surface area contributed by atoms with Crippen molar-refractivity contribution in [3.8, 4) is 0 Å². The van der Waals surface area contributed by atoms with Gasteiger partial charge in [-0.15, -0.1) is 11.8 Å². The van der Waals surface area contributed by atoms with Crippen LogP contribution in [0.5, 0.6) is 0 Å². The molecule has 0 aliphatic carbocycles. The Labute approximate surface area is 110 Å². The van der Waals surface area contributed by atoms with Crippen molar-refractivity contribution in [3.63, 3.8) is 0 Å². The van der Waals surface area contributed by atoms with E-state index >= 15 is 0 Å². The zero-order valence-corrected chi connectivity index (χ0v) is 11.4. The van der Waals surface area contributed by atoms with Crippen molar-refractivity contribution in [2.45, 2.75) is 36.9 Å². The van der Waals surface area contributed by atoms with Crippen LogP contribution >= 0.6 is 11.8 Å². The molecule has 1 nitrogen and oxygen atoms in total. The molecule has 0 radical (unpaired) electrons. The van der Waals surface area contributed by atoms with Gasteiger partial charge in [0.05, 0.1) is 0 Å². The number of benzene rings is 1. The van der Waals surface area contributed by atoms with E-state index in [-0.39, 0.29) is 12.5 Å². The van der Waals surface area contributed by atoms with Crippen LogP contribution in [0.25, 0.3) is 0 Å². The highest BCUT2D eigenvalue weighted by Gasteiger charge is 2.25. The van der Waals surface area contributed by atoms with E-state index in [1.165, 1.54) is 11.8 Å². The molecule has 0 aliphatic heterocycles. The Morgan fingerprint density at radius 1 is 1.33 bits per heavy atom. The molecule has 0 amide bonds. The summed E-state index contributed by atoms with van der Waals surface area (Å²) in [6.07, 6.45) is -4.57. The van der Waals surface area contributed by atoms with E-state index in [1.54, 1.807) is 0 Å². The molecule has 1 aromatic carbocycles. The molecule has 0 saturated carbocycles. The second-order valence-electron chi connectivity index (χ2n) is 4.15. The van der Waals surface area contributed by atoms with Gasteiger partial charge in [-0.25, -0.2) is 0 Å². The predicted molar refractivity (Wildman–Crippen MR) is 69.9 cm³/mol. The van der Waals surface area contributed by atoms with Crippen LogP contribution in [0, 0.1) is 0 Å². The topological polar surface area (TPSA) is 12.0 Å². The maximum Gasteiger partial charge on any atom is 0.389 e. The van der Waals surface area contributed by atoms with Gasteiger partial charge in [0.15, 0.2) is 0 Å². The van der Waals surface area contributed by atoms with Crippen molar-refractivity contribution in [2.24, 2.45) is 0 Å². The number of halogens is 3. The van der Waals surface area contributed by atoms with E-state index in [4.69, 9.17) is 0 Å². The van der Waals surface area contributed by atoms with Crippen molar-refractivity contribution >= 4 is 11.8 Å². The average Bonchev–Trinajstić information content (AvgIpc) is 2.33. The minimum absolute atomic E-state index is 0.167. The maximum absolute atomic E-state index is 12.0. The Bertz CT molecular complexity index is 365. The average molecular weight is 277 g/mol. The van der Waals surface area contributed by atoms with E-state index in [2.05, 4.69) is 5.32 Å². The third-order valence-electron chi connectivity index (χ3n) is 2.66.